The second-order valence-corrected chi connectivity index (χ2v) is 8.18. The predicted molar refractivity (Wildman–Crippen MR) is 124 cm³/mol. The highest BCUT2D eigenvalue weighted by molar-refractivity contribution is 7.32. The van der Waals surface area contributed by atoms with E-state index in [0.29, 0.717) is 26.1 Å². The lowest BCUT2D eigenvalue weighted by Crippen LogP contribution is -2.16. The second-order valence-electron chi connectivity index (χ2n) is 7.45. The van der Waals surface area contributed by atoms with Crippen molar-refractivity contribution >= 4 is 8.25 Å². The fourth-order valence-corrected chi connectivity index (χ4v) is 3.65. The number of hydrogen-bond acceptors (Lipinski definition) is 6. The standard InChI is InChI=1S/C24H29N2O5P/c27-32(28)31-15-7-13-25-17-21-11-12-24(22(16-21)23-18-29-19-26-23)30-14-6-2-5-10-20-8-3-1-4-9-20/h1,3-4,8-9,11-12,16,18-19,25H,2,5-7,10,13-15,17H2/p+1. The van der Waals surface area contributed by atoms with E-state index in [2.05, 4.69) is 45.2 Å². The van der Waals surface area contributed by atoms with Crippen LogP contribution in [0, 0.1) is 0 Å². The largest absolute Gasteiger partial charge is 0.694 e. The summed E-state index contributed by atoms with van der Waals surface area (Å²) in [4.78, 5) is 12.9. The lowest BCUT2D eigenvalue weighted by Gasteiger charge is -2.12. The molecule has 0 aliphatic rings. The molecule has 2 N–H and O–H groups in total. The third-order valence-electron chi connectivity index (χ3n) is 4.99. The summed E-state index contributed by atoms with van der Waals surface area (Å²) >= 11 is 0. The summed E-state index contributed by atoms with van der Waals surface area (Å²) in [5.41, 5.74) is 4.11. The van der Waals surface area contributed by atoms with E-state index in [1.807, 2.05) is 18.2 Å². The lowest BCUT2D eigenvalue weighted by atomic mass is 10.1. The average molecular weight is 457 g/mol. The van der Waals surface area contributed by atoms with Crippen LogP contribution in [0.1, 0.15) is 36.8 Å². The molecule has 0 radical (unpaired) electrons. The number of aromatic nitrogens is 1. The monoisotopic (exact) mass is 457 g/mol. The molecule has 1 heterocycles. The van der Waals surface area contributed by atoms with Crippen molar-refractivity contribution in [3.05, 3.63) is 72.3 Å². The topological polar surface area (TPSA) is 93.8 Å². The van der Waals surface area contributed by atoms with Crippen molar-refractivity contribution in [1.82, 2.24) is 10.3 Å². The van der Waals surface area contributed by atoms with E-state index in [1.165, 1.54) is 12.0 Å². The molecule has 2 aromatic carbocycles. The molecule has 0 amide bonds. The highest BCUT2D eigenvalue weighted by Crippen LogP contribution is 2.30. The summed E-state index contributed by atoms with van der Waals surface area (Å²) in [7, 11) is -2.52. The highest BCUT2D eigenvalue weighted by Gasteiger charge is 2.12. The Morgan fingerprint density at radius 3 is 2.66 bits per heavy atom. The predicted octanol–water partition coefficient (Wildman–Crippen LogP) is 5.28. The number of hydrogen-bond donors (Lipinski definition) is 2. The van der Waals surface area contributed by atoms with Crippen LogP contribution in [0.4, 0.5) is 0 Å². The SMILES string of the molecule is O=[P+](O)OCCCNCc1ccc(OCCCCCc2ccccc2)c(-c2cocn2)c1. The summed E-state index contributed by atoms with van der Waals surface area (Å²) in [6, 6.07) is 16.6. The molecule has 0 bridgehead atoms. The molecule has 1 atom stereocenters. The van der Waals surface area contributed by atoms with Crippen LogP contribution in [0.25, 0.3) is 11.3 Å². The minimum absolute atomic E-state index is 0.251. The zero-order valence-corrected chi connectivity index (χ0v) is 19.0. The maximum absolute atomic E-state index is 10.5. The van der Waals surface area contributed by atoms with Gasteiger partial charge in [0.1, 0.15) is 24.3 Å². The zero-order chi connectivity index (χ0) is 22.4. The Labute approximate surface area is 189 Å². The number of benzene rings is 2. The van der Waals surface area contributed by atoms with E-state index in [0.717, 1.165) is 48.3 Å². The summed E-state index contributed by atoms with van der Waals surface area (Å²) < 4.78 is 26.4. The Morgan fingerprint density at radius 2 is 1.88 bits per heavy atom. The molecule has 0 saturated carbocycles. The van der Waals surface area contributed by atoms with Crippen LogP contribution >= 0.6 is 8.25 Å². The van der Waals surface area contributed by atoms with E-state index in [4.69, 9.17) is 14.0 Å². The van der Waals surface area contributed by atoms with Gasteiger partial charge in [0.15, 0.2) is 6.39 Å². The number of rotatable bonds is 15. The molecule has 0 spiro atoms. The van der Waals surface area contributed by atoms with Gasteiger partial charge in [0.05, 0.1) is 6.61 Å². The van der Waals surface area contributed by atoms with Gasteiger partial charge in [-0.05, 0) is 61.9 Å². The van der Waals surface area contributed by atoms with Crippen molar-refractivity contribution in [3.63, 3.8) is 0 Å². The van der Waals surface area contributed by atoms with E-state index < -0.39 is 8.25 Å². The summed E-state index contributed by atoms with van der Waals surface area (Å²) in [6.45, 7) is 2.25. The Balaban J connectivity index is 1.45. The van der Waals surface area contributed by atoms with Crippen molar-refractivity contribution in [2.75, 3.05) is 19.8 Å². The Hall–Kier alpha value is -2.57. The van der Waals surface area contributed by atoms with Crippen molar-refractivity contribution in [2.24, 2.45) is 0 Å². The van der Waals surface area contributed by atoms with Gasteiger partial charge in [-0.3, -0.25) is 0 Å². The van der Waals surface area contributed by atoms with Crippen LogP contribution in [-0.2, 0) is 22.1 Å². The molecular weight excluding hydrogens is 427 g/mol. The van der Waals surface area contributed by atoms with Crippen LogP contribution in [0.3, 0.4) is 0 Å². The van der Waals surface area contributed by atoms with Gasteiger partial charge in [0.2, 0.25) is 0 Å². The van der Waals surface area contributed by atoms with Crippen molar-refractivity contribution in [2.45, 2.75) is 38.6 Å². The van der Waals surface area contributed by atoms with E-state index >= 15 is 0 Å². The highest BCUT2D eigenvalue weighted by atomic mass is 31.1. The van der Waals surface area contributed by atoms with Crippen LogP contribution in [0.5, 0.6) is 5.75 Å². The molecule has 1 unspecified atom stereocenters. The number of ether oxygens (including phenoxy) is 1. The van der Waals surface area contributed by atoms with E-state index in [9.17, 15) is 4.57 Å². The number of aryl methyl sites for hydroxylation is 1. The number of nitrogens with one attached hydrogen (secondary N) is 1. The molecule has 8 heteroatoms. The maximum atomic E-state index is 10.5. The van der Waals surface area contributed by atoms with E-state index in [1.54, 1.807) is 6.26 Å². The van der Waals surface area contributed by atoms with Crippen LogP contribution in [-0.4, -0.2) is 29.6 Å². The Bertz CT molecular complexity index is 935. The molecular formula is C24H30N2O5P+. The molecule has 170 valence electrons. The molecule has 3 rings (SSSR count). The first-order valence-electron chi connectivity index (χ1n) is 10.9. The van der Waals surface area contributed by atoms with Crippen LogP contribution in [0.15, 0.2) is 65.6 Å². The molecule has 32 heavy (non-hydrogen) atoms. The fraction of sp³-hybridized carbons (Fsp3) is 0.375. The van der Waals surface area contributed by atoms with Gasteiger partial charge in [-0.1, -0.05) is 36.4 Å². The molecule has 0 fully saturated rings. The average Bonchev–Trinajstić information content (AvgIpc) is 3.34. The van der Waals surface area contributed by atoms with Gasteiger partial charge in [0, 0.05) is 16.7 Å². The number of nitrogens with zero attached hydrogens (tertiary/aromatic N) is 1. The second kappa shape index (κ2) is 13.8. The first kappa shape index (κ1) is 24.1. The first-order chi connectivity index (χ1) is 15.7. The number of oxazole rings is 1. The molecule has 7 nitrogen and oxygen atoms in total. The van der Waals surface area contributed by atoms with Crippen LogP contribution in [0.2, 0.25) is 0 Å². The van der Waals surface area contributed by atoms with E-state index in [-0.39, 0.29) is 6.61 Å². The summed E-state index contributed by atoms with van der Waals surface area (Å²) in [5, 5.41) is 3.31. The van der Waals surface area contributed by atoms with Crippen molar-refractivity contribution in [1.29, 1.82) is 0 Å². The fourth-order valence-electron chi connectivity index (χ4n) is 3.37. The minimum Gasteiger partial charge on any atom is -0.493 e. The van der Waals surface area contributed by atoms with Crippen molar-refractivity contribution in [3.8, 4) is 17.0 Å². The quantitative estimate of drug-likeness (QED) is 0.237. The number of unbranched alkanes of at least 4 members (excludes halogenated alkanes) is 2. The summed E-state index contributed by atoms with van der Waals surface area (Å²) in [6.07, 6.45) is 8.04. The minimum atomic E-state index is -2.52. The van der Waals surface area contributed by atoms with Gasteiger partial charge in [-0.25, -0.2) is 4.98 Å². The van der Waals surface area contributed by atoms with Crippen LogP contribution < -0.4 is 10.1 Å². The normalized spacial score (nSPS) is 11.5. The zero-order valence-electron chi connectivity index (χ0n) is 18.1. The smallest absolute Gasteiger partial charge is 0.493 e. The maximum Gasteiger partial charge on any atom is 0.694 e. The van der Waals surface area contributed by atoms with Gasteiger partial charge in [-0.2, -0.15) is 0 Å². The van der Waals surface area contributed by atoms with Gasteiger partial charge < -0.3 is 14.5 Å². The molecule has 1 aromatic heterocycles. The molecule has 0 aliphatic carbocycles. The third-order valence-corrected chi connectivity index (χ3v) is 5.39. The lowest BCUT2D eigenvalue weighted by molar-refractivity contribution is 0.276. The van der Waals surface area contributed by atoms with Gasteiger partial charge in [-0.15, -0.1) is 9.42 Å². The Kier molecular flexibility index (Phi) is 10.4. The molecule has 0 aliphatic heterocycles. The molecule has 3 aromatic rings. The van der Waals surface area contributed by atoms with Gasteiger partial charge >= 0.3 is 8.25 Å². The Morgan fingerprint density at radius 1 is 1.00 bits per heavy atom. The van der Waals surface area contributed by atoms with Gasteiger partial charge in [0.25, 0.3) is 0 Å². The summed E-state index contributed by atoms with van der Waals surface area (Å²) in [5.74, 6) is 0.797. The van der Waals surface area contributed by atoms with Crippen molar-refractivity contribution < 1.29 is 23.1 Å². The molecule has 0 saturated heterocycles. The first-order valence-corrected chi connectivity index (χ1v) is 12.0. The third kappa shape index (κ3) is 8.52.